The summed E-state index contributed by atoms with van der Waals surface area (Å²) in [6.45, 7) is 0.580. The Kier molecular flexibility index (Phi) is 4.89. The third-order valence-electron chi connectivity index (χ3n) is 2.77. The van der Waals surface area contributed by atoms with E-state index in [1.54, 1.807) is 30.6 Å². The number of anilines is 2. The van der Waals surface area contributed by atoms with Gasteiger partial charge < -0.3 is 15.0 Å². The van der Waals surface area contributed by atoms with Gasteiger partial charge in [0, 0.05) is 19.8 Å². The number of rotatable bonds is 5. The van der Waals surface area contributed by atoms with Crippen molar-refractivity contribution in [1.29, 1.82) is 5.26 Å². The molecule has 1 aromatic carbocycles. The molecule has 21 heavy (non-hydrogen) atoms. The van der Waals surface area contributed by atoms with Gasteiger partial charge in [-0.2, -0.15) is 10.2 Å². The summed E-state index contributed by atoms with van der Waals surface area (Å²) in [5.74, 6) is 0.621. The summed E-state index contributed by atoms with van der Waals surface area (Å²) in [5.41, 5.74) is 1.31. The van der Waals surface area contributed by atoms with Gasteiger partial charge in [0.25, 0.3) is 0 Å². The normalized spacial score (nSPS) is 10.0. The second kappa shape index (κ2) is 6.66. The number of halogens is 1. The lowest BCUT2D eigenvalue weighted by atomic mass is 10.2. The van der Waals surface area contributed by atoms with Crippen LogP contribution in [0, 0.1) is 11.3 Å². The van der Waals surface area contributed by atoms with Crippen molar-refractivity contribution in [3.8, 4) is 11.9 Å². The summed E-state index contributed by atoms with van der Waals surface area (Å²) in [6, 6.07) is 7.29. The molecule has 0 aliphatic heterocycles. The number of methoxy groups -OCH3 is 1. The third kappa shape index (κ3) is 3.57. The molecule has 1 aromatic heterocycles. The molecule has 0 fully saturated rings. The minimum Gasteiger partial charge on any atom is -0.480 e. The lowest BCUT2D eigenvalue weighted by Gasteiger charge is -2.07. The van der Waals surface area contributed by atoms with E-state index in [4.69, 9.17) is 21.6 Å². The Hall–Kier alpha value is -1.97. The first-order valence-electron chi connectivity index (χ1n) is 6.19. The van der Waals surface area contributed by atoms with E-state index >= 15 is 0 Å². The lowest BCUT2D eigenvalue weighted by molar-refractivity contribution is 0.397. The van der Waals surface area contributed by atoms with Gasteiger partial charge in [0.05, 0.1) is 29.1 Å². The van der Waals surface area contributed by atoms with Gasteiger partial charge in [-0.15, -0.1) is 0 Å². The first-order chi connectivity index (χ1) is 10.0. The van der Waals surface area contributed by atoms with E-state index in [0.717, 1.165) is 15.7 Å². The fourth-order valence-electron chi connectivity index (χ4n) is 1.69. The zero-order valence-electron chi connectivity index (χ0n) is 12.0. The number of nitriles is 1. The Balaban J connectivity index is 2.13. The van der Waals surface area contributed by atoms with Gasteiger partial charge in [0.2, 0.25) is 5.88 Å². The van der Waals surface area contributed by atoms with Crippen molar-refractivity contribution < 1.29 is 4.74 Å². The van der Waals surface area contributed by atoms with Crippen molar-refractivity contribution >= 4 is 33.8 Å². The Morgan fingerprint density at radius 1 is 1.48 bits per heavy atom. The molecule has 110 valence electrons. The molecule has 0 spiro atoms. The van der Waals surface area contributed by atoms with Crippen LogP contribution in [0.1, 0.15) is 10.4 Å². The van der Waals surface area contributed by atoms with Crippen LogP contribution in [0.25, 0.3) is 0 Å². The fraction of sp³-hybridized carbons (Fsp3) is 0.286. The number of thiazole rings is 1. The standard InChI is InChI=1S/C14H15ClN4OS/c1-19(2)14-18-13(20-3)12(21-14)8-17-10-5-4-9(7-16)11(15)6-10/h4-6,17H,8H2,1-3H3. The largest absolute Gasteiger partial charge is 0.480 e. The average Bonchev–Trinajstić information content (AvgIpc) is 2.88. The quantitative estimate of drug-likeness (QED) is 0.914. The van der Waals surface area contributed by atoms with Gasteiger partial charge in [-0.3, -0.25) is 0 Å². The number of hydrogen-bond acceptors (Lipinski definition) is 6. The van der Waals surface area contributed by atoms with Crippen LogP contribution in [0.3, 0.4) is 0 Å². The fourth-order valence-corrected chi connectivity index (χ4v) is 2.80. The Labute approximate surface area is 132 Å². The predicted molar refractivity (Wildman–Crippen MR) is 86.5 cm³/mol. The number of nitrogens with zero attached hydrogens (tertiary/aromatic N) is 3. The van der Waals surface area contributed by atoms with Gasteiger partial charge >= 0.3 is 0 Å². The monoisotopic (exact) mass is 322 g/mol. The molecule has 0 saturated heterocycles. The summed E-state index contributed by atoms with van der Waals surface area (Å²) in [4.78, 5) is 7.34. The molecule has 0 saturated carbocycles. The van der Waals surface area contributed by atoms with Crippen LogP contribution in [0.5, 0.6) is 5.88 Å². The summed E-state index contributed by atoms with van der Waals surface area (Å²) in [6.07, 6.45) is 0. The van der Waals surface area contributed by atoms with E-state index < -0.39 is 0 Å². The first kappa shape index (κ1) is 15.4. The molecule has 5 nitrogen and oxygen atoms in total. The second-order valence-electron chi connectivity index (χ2n) is 4.48. The zero-order valence-corrected chi connectivity index (χ0v) is 13.5. The van der Waals surface area contributed by atoms with Gasteiger partial charge in [-0.1, -0.05) is 22.9 Å². The van der Waals surface area contributed by atoms with Crippen LogP contribution < -0.4 is 15.0 Å². The van der Waals surface area contributed by atoms with E-state index in [9.17, 15) is 0 Å². The van der Waals surface area contributed by atoms with Crippen LogP contribution >= 0.6 is 22.9 Å². The summed E-state index contributed by atoms with van der Waals surface area (Å²) >= 11 is 7.58. The summed E-state index contributed by atoms with van der Waals surface area (Å²) in [5, 5.41) is 13.4. The first-order valence-corrected chi connectivity index (χ1v) is 7.39. The van der Waals surface area contributed by atoms with Crippen molar-refractivity contribution in [3.63, 3.8) is 0 Å². The Morgan fingerprint density at radius 3 is 2.81 bits per heavy atom. The molecule has 1 heterocycles. The van der Waals surface area contributed by atoms with Crippen LogP contribution in [-0.4, -0.2) is 26.2 Å². The van der Waals surface area contributed by atoms with Crippen LogP contribution in [0.15, 0.2) is 18.2 Å². The maximum absolute atomic E-state index is 8.86. The molecule has 0 aliphatic rings. The van der Waals surface area contributed by atoms with Crippen molar-refractivity contribution in [2.45, 2.75) is 6.54 Å². The topological polar surface area (TPSA) is 61.2 Å². The van der Waals surface area contributed by atoms with Gasteiger partial charge in [-0.05, 0) is 18.2 Å². The number of ether oxygens (including phenoxy) is 1. The minimum absolute atomic E-state index is 0.438. The van der Waals surface area contributed by atoms with Gasteiger partial charge in [0.15, 0.2) is 5.13 Å². The van der Waals surface area contributed by atoms with E-state index in [-0.39, 0.29) is 0 Å². The minimum atomic E-state index is 0.438. The molecule has 0 atom stereocenters. The van der Waals surface area contributed by atoms with E-state index in [1.165, 1.54) is 0 Å². The van der Waals surface area contributed by atoms with Crippen molar-refractivity contribution in [3.05, 3.63) is 33.7 Å². The Morgan fingerprint density at radius 2 is 2.24 bits per heavy atom. The molecular weight excluding hydrogens is 308 g/mol. The molecule has 0 unspecified atom stereocenters. The molecule has 0 radical (unpaired) electrons. The number of benzene rings is 1. The summed E-state index contributed by atoms with van der Waals surface area (Å²) < 4.78 is 5.29. The molecule has 0 aliphatic carbocycles. The van der Waals surface area contributed by atoms with Gasteiger partial charge in [0.1, 0.15) is 6.07 Å². The maximum Gasteiger partial charge on any atom is 0.231 e. The van der Waals surface area contributed by atoms with Crippen LogP contribution in [0.4, 0.5) is 10.8 Å². The Bertz CT molecular complexity index is 678. The predicted octanol–water partition coefficient (Wildman–Crippen LogP) is 3.35. The molecule has 7 heteroatoms. The molecular formula is C14H15ClN4OS. The molecule has 0 bridgehead atoms. The highest BCUT2D eigenvalue weighted by Gasteiger charge is 2.13. The van der Waals surface area contributed by atoms with E-state index in [1.807, 2.05) is 31.1 Å². The third-order valence-corrected chi connectivity index (χ3v) is 4.29. The summed E-state index contributed by atoms with van der Waals surface area (Å²) in [7, 11) is 5.49. The molecule has 1 N–H and O–H groups in total. The number of aromatic nitrogens is 1. The zero-order chi connectivity index (χ0) is 15.4. The molecule has 2 rings (SSSR count). The molecule has 2 aromatic rings. The average molecular weight is 323 g/mol. The van der Waals surface area contributed by atoms with E-state index in [0.29, 0.717) is 23.0 Å². The maximum atomic E-state index is 8.86. The highest BCUT2D eigenvalue weighted by molar-refractivity contribution is 7.15. The second-order valence-corrected chi connectivity index (χ2v) is 5.95. The number of nitrogens with one attached hydrogen (secondary N) is 1. The highest BCUT2D eigenvalue weighted by atomic mass is 35.5. The van der Waals surface area contributed by atoms with Crippen LogP contribution in [0.2, 0.25) is 5.02 Å². The van der Waals surface area contributed by atoms with Crippen molar-refractivity contribution in [1.82, 2.24) is 4.98 Å². The van der Waals surface area contributed by atoms with Gasteiger partial charge in [-0.25, -0.2) is 0 Å². The number of hydrogen-bond donors (Lipinski definition) is 1. The smallest absolute Gasteiger partial charge is 0.231 e. The SMILES string of the molecule is COc1nc(N(C)C)sc1CNc1ccc(C#N)c(Cl)c1. The van der Waals surface area contributed by atoms with Crippen molar-refractivity contribution in [2.24, 2.45) is 0 Å². The van der Waals surface area contributed by atoms with Crippen LogP contribution in [-0.2, 0) is 6.54 Å². The molecule has 0 amide bonds. The lowest BCUT2D eigenvalue weighted by Crippen LogP contribution is -2.07. The van der Waals surface area contributed by atoms with E-state index in [2.05, 4.69) is 10.3 Å². The van der Waals surface area contributed by atoms with Crippen molar-refractivity contribution in [2.75, 3.05) is 31.4 Å². The highest BCUT2D eigenvalue weighted by Crippen LogP contribution is 2.31.